The van der Waals surface area contributed by atoms with Crippen LogP contribution in [0.2, 0.25) is 0 Å². The molecule has 0 spiro atoms. The highest BCUT2D eigenvalue weighted by Crippen LogP contribution is 2.28. The van der Waals surface area contributed by atoms with Crippen molar-refractivity contribution in [2.45, 2.75) is 38.8 Å². The summed E-state index contributed by atoms with van der Waals surface area (Å²) in [4.78, 5) is 8.17. The Bertz CT molecular complexity index is 530. The molecule has 1 fully saturated rings. The molecule has 1 aromatic heterocycles. The van der Waals surface area contributed by atoms with Gasteiger partial charge in [-0.15, -0.1) is 0 Å². The lowest BCUT2D eigenvalue weighted by Gasteiger charge is -2.08. The molecule has 2 atom stereocenters. The Hall–Kier alpha value is -1.61. The number of rotatable bonds is 2. The van der Waals surface area contributed by atoms with Crippen LogP contribution in [0, 0.1) is 6.92 Å². The Morgan fingerprint density at radius 3 is 2.61 bits per heavy atom. The maximum Gasteiger partial charge on any atom is 0.124 e. The molecule has 0 saturated carbocycles. The zero-order chi connectivity index (χ0) is 12.5. The minimum atomic E-state index is 0.385. The summed E-state index contributed by atoms with van der Waals surface area (Å²) in [7, 11) is 0. The minimum Gasteiger partial charge on any atom is -0.340 e. The number of benzene rings is 1. The summed E-state index contributed by atoms with van der Waals surface area (Å²) in [6.07, 6.45) is 2.40. The predicted octanol–water partition coefficient (Wildman–Crippen LogP) is 3.20. The lowest BCUT2D eigenvalue weighted by molar-refractivity contribution is 0.563. The molecule has 1 aliphatic heterocycles. The molecule has 2 heterocycles. The van der Waals surface area contributed by atoms with E-state index in [4.69, 9.17) is 0 Å². The van der Waals surface area contributed by atoms with Gasteiger partial charge < -0.3 is 10.3 Å². The van der Waals surface area contributed by atoms with Crippen LogP contribution in [0.3, 0.4) is 0 Å². The van der Waals surface area contributed by atoms with Crippen molar-refractivity contribution in [2.24, 2.45) is 0 Å². The highest BCUT2D eigenvalue weighted by atomic mass is 15.1. The van der Waals surface area contributed by atoms with Gasteiger partial charge in [0.25, 0.3) is 0 Å². The van der Waals surface area contributed by atoms with Crippen LogP contribution in [0.1, 0.15) is 37.3 Å². The number of nitrogens with zero attached hydrogens (tertiary/aromatic N) is 1. The zero-order valence-electron chi connectivity index (χ0n) is 10.9. The average molecular weight is 241 g/mol. The minimum absolute atomic E-state index is 0.385. The van der Waals surface area contributed by atoms with Gasteiger partial charge in [-0.1, -0.05) is 30.3 Å². The molecule has 2 N–H and O–H groups in total. The van der Waals surface area contributed by atoms with Gasteiger partial charge in [-0.3, -0.25) is 0 Å². The van der Waals surface area contributed by atoms with Gasteiger partial charge in [-0.25, -0.2) is 4.98 Å². The van der Waals surface area contributed by atoms with Crippen molar-refractivity contribution < 1.29 is 0 Å². The molecular formula is C15H19N3. The smallest absolute Gasteiger partial charge is 0.124 e. The number of imidazole rings is 1. The van der Waals surface area contributed by atoms with Gasteiger partial charge in [0, 0.05) is 6.04 Å². The summed E-state index contributed by atoms with van der Waals surface area (Å²) in [5.41, 5.74) is 3.43. The zero-order valence-corrected chi connectivity index (χ0v) is 10.9. The molecule has 2 unspecified atom stereocenters. The summed E-state index contributed by atoms with van der Waals surface area (Å²) in [6, 6.07) is 11.4. The van der Waals surface area contributed by atoms with E-state index in [-0.39, 0.29) is 0 Å². The van der Waals surface area contributed by atoms with Crippen molar-refractivity contribution in [3.63, 3.8) is 0 Å². The fraction of sp³-hybridized carbons (Fsp3) is 0.400. The Kier molecular flexibility index (Phi) is 2.92. The Labute approximate surface area is 108 Å². The molecule has 1 aliphatic rings. The Morgan fingerprint density at radius 1 is 1.17 bits per heavy atom. The van der Waals surface area contributed by atoms with Crippen molar-refractivity contribution in [1.29, 1.82) is 0 Å². The van der Waals surface area contributed by atoms with Gasteiger partial charge in [0.15, 0.2) is 0 Å². The molecule has 3 rings (SSSR count). The van der Waals surface area contributed by atoms with Crippen LogP contribution in [-0.2, 0) is 0 Å². The first-order valence-corrected chi connectivity index (χ1v) is 6.62. The third-order valence-corrected chi connectivity index (χ3v) is 3.67. The first-order chi connectivity index (χ1) is 8.74. The first-order valence-electron chi connectivity index (χ1n) is 6.62. The van der Waals surface area contributed by atoms with Crippen molar-refractivity contribution in [3.05, 3.63) is 41.9 Å². The molecule has 3 heteroatoms. The van der Waals surface area contributed by atoms with Crippen molar-refractivity contribution in [2.75, 3.05) is 0 Å². The van der Waals surface area contributed by atoms with Gasteiger partial charge in [-0.05, 0) is 32.3 Å². The Morgan fingerprint density at radius 2 is 1.94 bits per heavy atom. The van der Waals surface area contributed by atoms with Crippen LogP contribution in [0.15, 0.2) is 30.3 Å². The normalized spacial score (nSPS) is 23.4. The van der Waals surface area contributed by atoms with Gasteiger partial charge in [0.1, 0.15) is 5.82 Å². The van der Waals surface area contributed by atoms with Gasteiger partial charge in [0.2, 0.25) is 0 Å². The number of aromatic nitrogens is 2. The van der Waals surface area contributed by atoms with Crippen molar-refractivity contribution in [1.82, 2.24) is 15.3 Å². The molecule has 0 bridgehead atoms. The van der Waals surface area contributed by atoms with Crippen LogP contribution in [0.4, 0.5) is 0 Å². The van der Waals surface area contributed by atoms with Crippen molar-refractivity contribution in [3.8, 4) is 11.3 Å². The lowest BCUT2D eigenvalue weighted by Crippen LogP contribution is -2.21. The summed E-state index contributed by atoms with van der Waals surface area (Å²) in [5, 5.41) is 3.57. The Balaban J connectivity index is 1.92. The summed E-state index contributed by atoms with van der Waals surface area (Å²) in [5.74, 6) is 1.08. The maximum absolute atomic E-state index is 4.69. The van der Waals surface area contributed by atoms with Crippen LogP contribution >= 0.6 is 0 Å². The van der Waals surface area contributed by atoms with Gasteiger partial charge in [-0.2, -0.15) is 0 Å². The van der Waals surface area contributed by atoms with Crippen LogP contribution in [-0.4, -0.2) is 16.0 Å². The third-order valence-electron chi connectivity index (χ3n) is 3.67. The SMILES string of the molecule is Cc1nc(C2CCC(C)N2)[nH]c1-c1ccccc1. The number of H-pyrrole nitrogens is 1. The first kappa shape index (κ1) is 11.5. The largest absolute Gasteiger partial charge is 0.340 e. The molecule has 1 saturated heterocycles. The van der Waals surface area contributed by atoms with E-state index >= 15 is 0 Å². The summed E-state index contributed by atoms with van der Waals surface area (Å²) < 4.78 is 0. The average Bonchev–Trinajstić information content (AvgIpc) is 2.97. The second-order valence-electron chi connectivity index (χ2n) is 5.15. The molecule has 3 nitrogen and oxygen atoms in total. The van der Waals surface area contributed by atoms with E-state index in [1.165, 1.54) is 18.4 Å². The quantitative estimate of drug-likeness (QED) is 0.847. The number of hydrogen-bond donors (Lipinski definition) is 2. The summed E-state index contributed by atoms with van der Waals surface area (Å²) >= 11 is 0. The monoisotopic (exact) mass is 241 g/mol. The van der Waals surface area contributed by atoms with E-state index in [1.807, 2.05) is 6.07 Å². The molecule has 1 aromatic carbocycles. The number of hydrogen-bond acceptors (Lipinski definition) is 2. The highest BCUT2D eigenvalue weighted by molar-refractivity contribution is 5.61. The van der Waals surface area contributed by atoms with E-state index in [2.05, 4.69) is 53.4 Å². The molecular weight excluding hydrogens is 222 g/mol. The number of nitrogens with one attached hydrogen (secondary N) is 2. The fourth-order valence-corrected chi connectivity index (χ4v) is 2.68. The molecule has 0 radical (unpaired) electrons. The van der Waals surface area contributed by atoms with E-state index in [0.29, 0.717) is 12.1 Å². The van der Waals surface area contributed by atoms with Crippen molar-refractivity contribution >= 4 is 0 Å². The van der Waals surface area contributed by atoms with E-state index in [9.17, 15) is 0 Å². The van der Waals surface area contributed by atoms with E-state index in [1.54, 1.807) is 0 Å². The maximum atomic E-state index is 4.69. The predicted molar refractivity (Wildman–Crippen MR) is 73.3 cm³/mol. The van der Waals surface area contributed by atoms with Gasteiger partial charge >= 0.3 is 0 Å². The fourth-order valence-electron chi connectivity index (χ4n) is 2.68. The molecule has 94 valence electrons. The lowest BCUT2D eigenvalue weighted by atomic mass is 10.1. The van der Waals surface area contributed by atoms with Crippen LogP contribution in [0.25, 0.3) is 11.3 Å². The number of aryl methyl sites for hydroxylation is 1. The number of aromatic amines is 1. The van der Waals surface area contributed by atoms with Crippen LogP contribution in [0.5, 0.6) is 0 Å². The molecule has 0 aliphatic carbocycles. The van der Waals surface area contributed by atoms with E-state index in [0.717, 1.165) is 17.2 Å². The molecule has 0 amide bonds. The molecule has 18 heavy (non-hydrogen) atoms. The van der Waals surface area contributed by atoms with E-state index < -0.39 is 0 Å². The van der Waals surface area contributed by atoms with Gasteiger partial charge in [0.05, 0.1) is 17.4 Å². The van der Waals surface area contributed by atoms with Crippen LogP contribution < -0.4 is 5.32 Å². The highest BCUT2D eigenvalue weighted by Gasteiger charge is 2.24. The summed E-state index contributed by atoms with van der Waals surface area (Å²) in [6.45, 7) is 4.30. The standard InChI is InChI=1S/C15H19N3/c1-10-8-9-13(16-10)15-17-11(2)14(18-15)12-6-4-3-5-7-12/h3-7,10,13,16H,8-9H2,1-2H3,(H,17,18). The second-order valence-corrected chi connectivity index (χ2v) is 5.15. The molecule has 2 aromatic rings. The third kappa shape index (κ3) is 2.06. The second kappa shape index (κ2) is 4.58. The topological polar surface area (TPSA) is 40.7 Å².